The Morgan fingerprint density at radius 1 is 1.16 bits per heavy atom. The van der Waals surface area contributed by atoms with E-state index < -0.39 is 0 Å². The molecular weight excluding hydrogens is 418 g/mol. The lowest BCUT2D eigenvalue weighted by molar-refractivity contribution is -0.120. The van der Waals surface area contributed by atoms with Crippen LogP contribution >= 0.6 is 11.8 Å². The number of thioether (sulfide) groups is 1. The first-order valence-electron chi connectivity index (χ1n) is 10.6. The maximum Gasteiger partial charge on any atom is 0.233 e. The number of aromatic nitrogens is 4. The molecule has 0 fully saturated rings. The lowest BCUT2D eigenvalue weighted by Crippen LogP contribution is -2.31. The van der Waals surface area contributed by atoms with Crippen LogP contribution in [-0.2, 0) is 11.3 Å². The van der Waals surface area contributed by atoms with E-state index in [2.05, 4.69) is 57.8 Å². The lowest BCUT2D eigenvalue weighted by Gasteiger charge is -2.13. The smallest absolute Gasteiger partial charge is 0.233 e. The third-order valence-electron chi connectivity index (χ3n) is 5.13. The SMILES string of the molecule is C=CCNC(=O)C(C)Sc1nnc(-c2cc(-c3ccccc3)nc3ccccc23)n1CC. The summed E-state index contributed by atoms with van der Waals surface area (Å²) in [6, 6.07) is 20.2. The summed E-state index contributed by atoms with van der Waals surface area (Å²) >= 11 is 1.40. The Labute approximate surface area is 191 Å². The lowest BCUT2D eigenvalue weighted by atomic mass is 10.0. The summed E-state index contributed by atoms with van der Waals surface area (Å²) in [5.41, 5.74) is 3.81. The number of rotatable bonds is 8. The van der Waals surface area contributed by atoms with Crippen LogP contribution in [0, 0.1) is 0 Å². The van der Waals surface area contributed by atoms with E-state index in [0.29, 0.717) is 18.2 Å². The van der Waals surface area contributed by atoms with Gasteiger partial charge in [-0.1, -0.05) is 66.4 Å². The van der Waals surface area contributed by atoms with Crippen molar-refractivity contribution in [2.45, 2.75) is 30.8 Å². The molecule has 1 N–H and O–H groups in total. The van der Waals surface area contributed by atoms with E-state index in [-0.39, 0.29) is 11.2 Å². The first kappa shape index (κ1) is 21.8. The number of amides is 1. The van der Waals surface area contributed by atoms with Crippen LogP contribution in [0.25, 0.3) is 33.5 Å². The van der Waals surface area contributed by atoms with E-state index >= 15 is 0 Å². The van der Waals surface area contributed by atoms with Gasteiger partial charge in [0.25, 0.3) is 0 Å². The van der Waals surface area contributed by atoms with Gasteiger partial charge < -0.3 is 9.88 Å². The fourth-order valence-corrected chi connectivity index (χ4v) is 4.44. The van der Waals surface area contributed by atoms with Crippen molar-refractivity contribution in [2.24, 2.45) is 0 Å². The zero-order chi connectivity index (χ0) is 22.5. The van der Waals surface area contributed by atoms with E-state index in [4.69, 9.17) is 4.98 Å². The highest BCUT2D eigenvalue weighted by atomic mass is 32.2. The average molecular weight is 444 g/mol. The van der Waals surface area contributed by atoms with Gasteiger partial charge in [0.2, 0.25) is 5.91 Å². The zero-order valence-electron chi connectivity index (χ0n) is 18.2. The minimum Gasteiger partial charge on any atom is -0.352 e. The molecule has 32 heavy (non-hydrogen) atoms. The standard InChI is InChI=1S/C25H25N5OS/c1-4-15-26-24(31)17(3)32-25-29-28-23(30(25)5-2)20-16-22(18-11-7-6-8-12-18)27-21-14-10-9-13-19(20)21/h4,6-14,16-17H,1,5,15H2,2-3H3,(H,26,31). The molecule has 162 valence electrons. The first-order chi connectivity index (χ1) is 15.6. The molecule has 7 heteroatoms. The summed E-state index contributed by atoms with van der Waals surface area (Å²) in [5.74, 6) is 0.715. The van der Waals surface area contributed by atoms with Crippen LogP contribution in [0.2, 0.25) is 0 Å². The second-order valence-corrected chi connectivity index (χ2v) is 8.59. The second-order valence-electron chi connectivity index (χ2n) is 7.28. The number of nitrogens with one attached hydrogen (secondary N) is 1. The Morgan fingerprint density at radius 3 is 2.66 bits per heavy atom. The Bertz CT molecular complexity index is 1250. The molecule has 4 aromatic rings. The molecule has 0 aliphatic carbocycles. The van der Waals surface area contributed by atoms with Crippen LogP contribution in [-0.4, -0.2) is 37.5 Å². The Morgan fingerprint density at radius 2 is 1.91 bits per heavy atom. The van der Waals surface area contributed by atoms with Gasteiger partial charge in [0.05, 0.1) is 16.5 Å². The van der Waals surface area contributed by atoms with Crippen molar-refractivity contribution >= 4 is 28.6 Å². The molecule has 0 aliphatic heterocycles. The predicted molar refractivity (Wildman–Crippen MR) is 130 cm³/mol. The van der Waals surface area contributed by atoms with Crippen LogP contribution in [0.15, 0.2) is 78.5 Å². The zero-order valence-corrected chi connectivity index (χ0v) is 19.0. The van der Waals surface area contributed by atoms with Crippen molar-refractivity contribution in [2.75, 3.05) is 6.54 Å². The van der Waals surface area contributed by atoms with Gasteiger partial charge in [-0.2, -0.15) is 0 Å². The van der Waals surface area contributed by atoms with Gasteiger partial charge in [-0.25, -0.2) is 4.98 Å². The highest BCUT2D eigenvalue weighted by molar-refractivity contribution is 8.00. The number of nitrogens with zero attached hydrogens (tertiary/aromatic N) is 4. The summed E-state index contributed by atoms with van der Waals surface area (Å²) in [7, 11) is 0. The number of hydrogen-bond acceptors (Lipinski definition) is 5. The normalized spacial score (nSPS) is 11.9. The molecule has 1 atom stereocenters. The average Bonchev–Trinajstić information content (AvgIpc) is 3.24. The number of carbonyl (C=O) groups excluding carboxylic acids is 1. The van der Waals surface area contributed by atoms with Crippen LogP contribution in [0.5, 0.6) is 0 Å². The van der Waals surface area contributed by atoms with Gasteiger partial charge in [0.15, 0.2) is 11.0 Å². The van der Waals surface area contributed by atoms with Gasteiger partial charge in [0.1, 0.15) is 0 Å². The molecule has 0 bridgehead atoms. The molecule has 2 heterocycles. The maximum atomic E-state index is 12.3. The number of pyridine rings is 1. The fraction of sp³-hybridized carbons (Fsp3) is 0.200. The van der Waals surface area contributed by atoms with Crippen LogP contribution in [0.4, 0.5) is 0 Å². The minimum atomic E-state index is -0.300. The van der Waals surface area contributed by atoms with E-state index in [1.807, 2.05) is 43.3 Å². The molecule has 0 saturated carbocycles. The largest absolute Gasteiger partial charge is 0.352 e. The summed E-state index contributed by atoms with van der Waals surface area (Å²) in [4.78, 5) is 17.2. The molecule has 2 aromatic carbocycles. The maximum absolute atomic E-state index is 12.3. The number of hydrogen-bond donors (Lipinski definition) is 1. The molecule has 4 rings (SSSR count). The highest BCUT2D eigenvalue weighted by Crippen LogP contribution is 2.33. The molecule has 6 nitrogen and oxygen atoms in total. The van der Waals surface area contributed by atoms with Crippen molar-refractivity contribution in [1.29, 1.82) is 0 Å². The molecule has 0 aliphatic rings. The number of benzene rings is 2. The Hall–Kier alpha value is -3.45. The molecule has 1 unspecified atom stereocenters. The second kappa shape index (κ2) is 9.78. The van der Waals surface area contributed by atoms with Crippen molar-refractivity contribution < 1.29 is 4.79 Å². The van der Waals surface area contributed by atoms with Crippen molar-refractivity contribution in [1.82, 2.24) is 25.1 Å². The Kier molecular flexibility index (Phi) is 6.66. The summed E-state index contributed by atoms with van der Waals surface area (Å²) in [6.45, 7) is 8.69. The van der Waals surface area contributed by atoms with Gasteiger partial charge >= 0.3 is 0 Å². The number of para-hydroxylation sites is 1. The summed E-state index contributed by atoms with van der Waals surface area (Å²) < 4.78 is 2.05. The van der Waals surface area contributed by atoms with Gasteiger partial charge in [-0.15, -0.1) is 16.8 Å². The van der Waals surface area contributed by atoms with Gasteiger partial charge in [-0.3, -0.25) is 4.79 Å². The van der Waals surface area contributed by atoms with E-state index in [0.717, 1.165) is 33.5 Å². The Balaban J connectivity index is 1.77. The first-order valence-corrected chi connectivity index (χ1v) is 11.4. The molecule has 1 amide bonds. The van der Waals surface area contributed by atoms with Crippen molar-refractivity contribution in [3.63, 3.8) is 0 Å². The van der Waals surface area contributed by atoms with Crippen LogP contribution < -0.4 is 5.32 Å². The predicted octanol–water partition coefficient (Wildman–Crippen LogP) is 4.96. The topological polar surface area (TPSA) is 72.7 Å². The van der Waals surface area contributed by atoms with Crippen LogP contribution in [0.1, 0.15) is 13.8 Å². The summed E-state index contributed by atoms with van der Waals surface area (Å²) in [6.07, 6.45) is 1.67. The van der Waals surface area contributed by atoms with Crippen molar-refractivity contribution in [3.8, 4) is 22.6 Å². The number of fused-ring (bicyclic) bond motifs is 1. The highest BCUT2D eigenvalue weighted by Gasteiger charge is 2.21. The monoisotopic (exact) mass is 443 g/mol. The van der Waals surface area contributed by atoms with E-state index in [1.54, 1.807) is 6.08 Å². The third kappa shape index (κ3) is 4.43. The van der Waals surface area contributed by atoms with Gasteiger partial charge in [0, 0.05) is 29.6 Å². The molecule has 0 spiro atoms. The van der Waals surface area contributed by atoms with E-state index in [9.17, 15) is 4.79 Å². The quantitative estimate of drug-likeness (QED) is 0.308. The molecule has 0 saturated heterocycles. The molecule has 0 radical (unpaired) electrons. The van der Waals surface area contributed by atoms with Crippen LogP contribution in [0.3, 0.4) is 0 Å². The minimum absolute atomic E-state index is 0.0529. The third-order valence-corrected chi connectivity index (χ3v) is 6.21. The molecular formula is C25H25N5OS. The van der Waals surface area contributed by atoms with E-state index in [1.165, 1.54) is 11.8 Å². The summed E-state index contributed by atoms with van der Waals surface area (Å²) in [5, 5.41) is 13.2. The van der Waals surface area contributed by atoms with Gasteiger partial charge in [-0.05, 0) is 26.0 Å². The van der Waals surface area contributed by atoms with Crippen molar-refractivity contribution in [3.05, 3.63) is 73.3 Å². The fourth-order valence-electron chi connectivity index (χ4n) is 3.51. The number of carbonyl (C=O) groups is 1. The molecule has 2 aromatic heterocycles.